The molecule has 3 N–H and O–H groups in total. The van der Waals surface area contributed by atoms with E-state index in [0.29, 0.717) is 22.8 Å². The molecule has 0 atom stereocenters. The molecule has 0 saturated heterocycles. The van der Waals surface area contributed by atoms with Crippen LogP contribution in [0.1, 0.15) is 23.3 Å². The molecule has 0 aliphatic heterocycles. The van der Waals surface area contributed by atoms with Crippen molar-refractivity contribution in [2.45, 2.75) is 18.9 Å². The minimum absolute atomic E-state index is 0.0757. The second-order valence-corrected chi connectivity index (χ2v) is 6.01. The van der Waals surface area contributed by atoms with Crippen molar-refractivity contribution in [1.82, 2.24) is 24.8 Å². The second-order valence-electron chi connectivity index (χ2n) is 6.01. The normalized spacial score (nSPS) is 13.4. The number of hydrogen-bond acceptors (Lipinski definition) is 7. The van der Waals surface area contributed by atoms with Crippen LogP contribution in [0.2, 0.25) is 0 Å². The van der Waals surface area contributed by atoms with Crippen molar-refractivity contribution in [2.75, 3.05) is 5.73 Å². The summed E-state index contributed by atoms with van der Waals surface area (Å²) in [6, 6.07) is 5.20. The van der Waals surface area contributed by atoms with Gasteiger partial charge in [-0.1, -0.05) is 0 Å². The van der Waals surface area contributed by atoms with Crippen molar-refractivity contribution in [3.8, 4) is 17.1 Å². The van der Waals surface area contributed by atoms with E-state index in [0.717, 1.165) is 12.8 Å². The second kappa shape index (κ2) is 6.36. The molecular formula is C17H15N7O2. The maximum absolute atomic E-state index is 12.1. The Morgan fingerprint density at radius 2 is 2.00 bits per heavy atom. The first-order valence-corrected chi connectivity index (χ1v) is 8.05. The van der Waals surface area contributed by atoms with Crippen LogP contribution in [0.15, 0.2) is 48.3 Å². The van der Waals surface area contributed by atoms with Crippen LogP contribution in [-0.4, -0.2) is 31.5 Å². The van der Waals surface area contributed by atoms with Crippen molar-refractivity contribution < 1.29 is 4.79 Å². The molecule has 1 aromatic carbocycles. The third-order valence-electron chi connectivity index (χ3n) is 4.05. The van der Waals surface area contributed by atoms with Crippen LogP contribution < -0.4 is 11.1 Å². The summed E-state index contributed by atoms with van der Waals surface area (Å²) in [5.74, 6) is 0.125. The van der Waals surface area contributed by atoms with Crippen LogP contribution >= 0.6 is 0 Å². The van der Waals surface area contributed by atoms with Gasteiger partial charge in [0.25, 0.3) is 5.91 Å². The largest absolute Gasteiger partial charge is 0.397 e. The molecule has 2 heterocycles. The molecule has 1 fully saturated rings. The number of nitrogens with one attached hydrogen (secondary N) is 1. The molecule has 9 heteroatoms. The molecule has 130 valence electrons. The Bertz CT molecular complexity index is 980. The third-order valence-corrected chi connectivity index (χ3v) is 4.05. The summed E-state index contributed by atoms with van der Waals surface area (Å²) < 4.78 is 1.65. The van der Waals surface area contributed by atoms with Gasteiger partial charge in [-0.15, -0.1) is 4.91 Å². The van der Waals surface area contributed by atoms with E-state index < -0.39 is 0 Å². The van der Waals surface area contributed by atoms with E-state index in [1.54, 1.807) is 41.4 Å². The van der Waals surface area contributed by atoms with E-state index >= 15 is 0 Å². The predicted molar refractivity (Wildman–Crippen MR) is 94.9 cm³/mol. The zero-order valence-corrected chi connectivity index (χ0v) is 13.7. The number of imidazole rings is 1. The summed E-state index contributed by atoms with van der Waals surface area (Å²) >= 11 is 0. The first-order chi connectivity index (χ1) is 12.7. The van der Waals surface area contributed by atoms with Gasteiger partial charge in [0.2, 0.25) is 0 Å². The summed E-state index contributed by atoms with van der Waals surface area (Å²) in [6.45, 7) is 0. The van der Waals surface area contributed by atoms with Crippen molar-refractivity contribution in [3.05, 3.63) is 53.7 Å². The van der Waals surface area contributed by atoms with Crippen LogP contribution in [0.25, 0.3) is 17.1 Å². The zero-order chi connectivity index (χ0) is 18.1. The van der Waals surface area contributed by atoms with Crippen LogP contribution in [0.5, 0.6) is 0 Å². The summed E-state index contributed by atoms with van der Waals surface area (Å²) in [4.78, 5) is 35.8. The summed E-state index contributed by atoms with van der Waals surface area (Å²) in [5.41, 5.74) is 7.60. The molecule has 0 bridgehead atoms. The third kappa shape index (κ3) is 3.02. The van der Waals surface area contributed by atoms with Crippen LogP contribution in [-0.2, 0) is 0 Å². The SMILES string of the molecule is Nc1cc(-n2cnc(C(=O)NC3CC3)c2)cc(-c2ncccn2)c1N=O. The Hall–Kier alpha value is -3.62. The number of anilines is 1. The standard InChI is InChI=1S/C17H15N7O2/c18-13-7-11(6-12(15(13)23-26)16-19-4-1-5-20-16)24-8-14(21-9-24)17(25)22-10-2-3-10/h1,4-10H,2-3,18H2,(H,22,25). The number of nitrogens with zero attached hydrogens (tertiary/aromatic N) is 5. The fraction of sp³-hybridized carbons (Fsp3) is 0.176. The Morgan fingerprint density at radius 3 is 2.69 bits per heavy atom. The summed E-state index contributed by atoms with van der Waals surface area (Å²) in [6.07, 6.45) is 8.26. The zero-order valence-electron chi connectivity index (χ0n) is 13.7. The van der Waals surface area contributed by atoms with Gasteiger partial charge in [-0.3, -0.25) is 4.79 Å². The van der Waals surface area contributed by atoms with Crippen molar-refractivity contribution >= 4 is 17.3 Å². The Kier molecular flexibility index (Phi) is 3.88. The van der Waals surface area contributed by atoms with Gasteiger partial charge < -0.3 is 15.6 Å². The molecule has 0 radical (unpaired) electrons. The van der Waals surface area contributed by atoms with E-state index in [1.807, 2.05) is 0 Å². The number of amides is 1. The number of hydrogen-bond donors (Lipinski definition) is 2. The quantitative estimate of drug-likeness (QED) is 0.537. The molecular weight excluding hydrogens is 334 g/mol. The topological polar surface area (TPSA) is 128 Å². The molecule has 3 aromatic rings. The number of nitrogen functional groups attached to an aromatic ring is 1. The highest BCUT2D eigenvalue weighted by molar-refractivity contribution is 5.92. The van der Waals surface area contributed by atoms with Crippen molar-refractivity contribution in [3.63, 3.8) is 0 Å². The molecule has 9 nitrogen and oxygen atoms in total. The minimum Gasteiger partial charge on any atom is -0.397 e. The molecule has 0 spiro atoms. The average Bonchev–Trinajstić information content (AvgIpc) is 3.33. The van der Waals surface area contributed by atoms with Crippen molar-refractivity contribution in [2.24, 2.45) is 5.18 Å². The Balaban J connectivity index is 1.73. The maximum Gasteiger partial charge on any atom is 0.271 e. The fourth-order valence-electron chi connectivity index (χ4n) is 2.57. The van der Waals surface area contributed by atoms with Gasteiger partial charge in [0.1, 0.15) is 17.7 Å². The minimum atomic E-state index is -0.211. The number of benzene rings is 1. The number of carbonyl (C=O) groups excluding carboxylic acids is 1. The lowest BCUT2D eigenvalue weighted by Gasteiger charge is -2.09. The lowest BCUT2D eigenvalue weighted by Crippen LogP contribution is -2.25. The number of carbonyl (C=O) groups is 1. The van der Waals surface area contributed by atoms with Gasteiger partial charge in [0, 0.05) is 30.3 Å². The molecule has 1 saturated carbocycles. The van der Waals surface area contributed by atoms with E-state index in [4.69, 9.17) is 5.73 Å². The smallest absolute Gasteiger partial charge is 0.271 e. The van der Waals surface area contributed by atoms with Gasteiger partial charge in [-0.25, -0.2) is 15.0 Å². The first-order valence-electron chi connectivity index (χ1n) is 8.05. The monoisotopic (exact) mass is 349 g/mol. The molecule has 1 aliphatic carbocycles. The van der Waals surface area contributed by atoms with E-state index in [2.05, 4.69) is 25.4 Å². The number of aromatic nitrogens is 4. The summed E-state index contributed by atoms with van der Waals surface area (Å²) in [7, 11) is 0. The molecule has 2 aromatic heterocycles. The molecule has 1 amide bonds. The van der Waals surface area contributed by atoms with E-state index in [-0.39, 0.29) is 23.3 Å². The van der Waals surface area contributed by atoms with Crippen molar-refractivity contribution in [1.29, 1.82) is 0 Å². The first kappa shape index (κ1) is 15.9. The van der Waals surface area contributed by atoms with Gasteiger partial charge in [-0.2, -0.15) is 0 Å². The lowest BCUT2D eigenvalue weighted by molar-refractivity contribution is 0.0946. The highest BCUT2D eigenvalue weighted by Gasteiger charge is 2.25. The Labute approximate surface area is 148 Å². The maximum atomic E-state index is 12.1. The van der Waals surface area contributed by atoms with Crippen LogP contribution in [0.3, 0.4) is 0 Å². The van der Waals surface area contributed by atoms with E-state index in [1.165, 1.54) is 6.33 Å². The lowest BCUT2D eigenvalue weighted by atomic mass is 10.1. The number of rotatable bonds is 5. The highest BCUT2D eigenvalue weighted by atomic mass is 16.3. The molecule has 0 unspecified atom stereocenters. The van der Waals surface area contributed by atoms with Crippen LogP contribution in [0, 0.1) is 4.91 Å². The average molecular weight is 349 g/mol. The number of nitrogens with two attached hydrogens (primary N) is 1. The molecule has 26 heavy (non-hydrogen) atoms. The summed E-state index contributed by atoms with van der Waals surface area (Å²) in [5, 5.41) is 5.90. The number of nitroso groups, excluding NO2 is 1. The molecule has 4 rings (SSSR count). The van der Waals surface area contributed by atoms with E-state index in [9.17, 15) is 9.70 Å². The Morgan fingerprint density at radius 1 is 1.23 bits per heavy atom. The van der Waals surface area contributed by atoms with Gasteiger partial charge in [0.15, 0.2) is 5.82 Å². The predicted octanol–water partition coefficient (Wildman–Crippen LogP) is 2.20. The molecule has 1 aliphatic rings. The van der Waals surface area contributed by atoms with Gasteiger partial charge in [-0.05, 0) is 36.2 Å². The fourth-order valence-corrected chi connectivity index (χ4v) is 2.57. The van der Waals surface area contributed by atoms with Gasteiger partial charge >= 0.3 is 0 Å². The van der Waals surface area contributed by atoms with Crippen LogP contribution in [0.4, 0.5) is 11.4 Å². The highest BCUT2D eigenvalue weighted by Crippen LogP contribution is 2.35. The van der Waals surface area contributed by atoms with Gasteiger partial charge in [0.05, 0.1) is 11.3 Å².